The van der Waals surface area contributed by atoms with Crippen molar-refractivity contribution in [1.82, 2.24) is 25.1 Å². The number of amides is 1. The van der Waals surface area contributed by atoms with Crippen LogP contribution in [0.15, 0.2) is 35.3 Å². The van der Waals surface area contributed by atoms with Crippen molar-refractivity contribution in [3.63, 3.8) is 0 Å². The minimum atomic E-state index is -0.307. The number of rotatable bonds is 2. The quantitative estimate of drug-likeness (QED) is 0.729. The number of morpholine rings is 1. The largest absolute Gasteiger partial charge is 0.367 e. The molecule has 1 aromatic carbocycles. The topological polar surface area (TPSA) is 104 Å². The number of hydrogen-bond acceptors (Lipinski definition) is 5. The lowest BCUT2D eigenvalue weighted by Gasteiger charge is -2.31. The molecule has 8 nitrogen and oxygen atoms in total. The predicted molar refractivity (Wildman–Crippen MR) is 90.3 cm³/mol. The highest BCUT2D eigenvalue weighted by molar-refractivity contribution is 6.04. The van der Waals surface area contributed by atoms with Crippen LogP contribution in [0.4, 0.5) is 0 Å². The second kappa shape index (κ2) is 6.14. The van der Waals surface area contributed by atoms with Gasteiger partial charge in [-0.05, 0) is 13.0 Å². The van der Waals surface area contributed by atoms with Crippen molar-refractivity contribution in [2.75, 3.05) is 19.7 Å². The lowest BCUT2D eigenvalue weighted by atomic mass is 10.1. The lowest BCUT2D eigenvalue weighted by molar-refractivity contribution is -0.0266. The Hall–Kier alpha value is -3.00. The van der Waals surface area contributed by atoms with Gasteiger partial charge in [0.2, 0.25) is 0 Å². The molecular formula is C17H17N5O3. The highest BCUT2D eigenvalue weighted by Crippen LogP contribution is 2.22. The standard InChI is InChI=1S/C17H17N5O3/c1-10-8-18-15(19-10)13-9-22(6-7-25-13)17(24)14-11-4-2-3-5-12(11)16(23)21-20-14/h2-5,8,13H,6-7,9H2,1H3,(H,18,19)(H,21,23)/t13-/m1/s1. The molecule has 1 atom stereocenters. The monoisotopic (exact) mass is 339 g/mol. The van der Waals surface area contributed by atoms with E-state index in [9.17, 15) is 9.59 Å². The van der Waals surface area contributed by atoms with Crippen molar-refractivity contribution >= 4 is 16.7 Å². The minimum absolute atomic E-state index is 0.232. The van der Waals surface area contributed by atoms with Crippen LogP contribution in [-0.4, -0.2) is 50.7 Å². The summed E-state index contributed by atoms with van der Waals surface area (Å²) >= 11 is 0. The molecule has 3 aromatic rings. The number of hydrogen-bond donors (Lipinski definition) is 2. The Morgan fingerprint density at radius 3 is 2.88 bits per heavy atom. The van der Waals surface area contributed by atoms with Crippen LogP contribution in [0, 0.1) is 6.92 Å². The van der Waals surface area contributed by atoms with Crippen LogP contribution in [0.25, 0.3) is 10.8 Å². The second-order valence-corrected chi connectivity index (χ2v) is 6.01. The maximum atomic E-state index is 13.0. The van der Waals surface area contributed by atoms with Gasteiger partial charge in [-0.3, -0.25) is 9.59 Å². The first-order valence-electron chi connectivity index (χ1n) is 8.03. The van der Waals surface area contributed by atoms with E-state index in [0.29, 0.717) is 36.3 Å². The fourth-order valence-electron chi connectivity index (χ4n) is 3.02. The van der Waals surface area contributed by atoms with E-state index < -0.39 is 0 Å². The molecule has 0 aliphatic carbocycles. The molecule has 2 N–H and O–H groups in total. The van der Waals surface area contributed by atoms with Gasteiger partial charge in [-0.1, -0.05) is 18.2 Å². The molecule has 1 amide bonds. The van der Waals surface area contributed by atoms with Crippen molar-refractivity contribution in [3.8, 4) is 0 Å². The van der Waals surface area contributed by atoms with Gasteiger partial charge in [0.25, 0.3) is 11.5 Å². The highest BCUT2D eigenvalue weighted by Gasteiger charge is 2.29. The van der Waals surface area contributed by atoms with E-state index in [4.69, 9.17) is 4.74 Å². The molecule has 0 spiro atoms. The van der Waals surface area contributed by atoms with Gasteiger partial charge in [0.15, 0.2) is 5.69 Å². The first-order chi connectivity index (χ1) is 12.1. The van der Waals surface area contributed by atoms with Crippen molar-refractivity contribution in [2.24, 2.45) is 0 Å². The molecule has 8 heteroatoms. The first-order valence-corrected chi connectivity index (χ1v) is 8.03. The summed E-state index contributed by atoms with van der Waals surface area (Å²) in [4.78, 5) is 34.0. The number of carbonyl (C=O) groups excluding carboxylic acids is 1. The number of benzene rings is 1. The van der Waals surface area contributed by atoms with E-state index >= 15 is 0 Å². The summed E-state index contributed by atoms with van der Waals surface area (Å²) < 4.78 is 5.73. The van der Waals surface area contributed by atoms with Gasteiger partial charge in [-0.25, -0.2) is 10.1 Å². The molecule has 0 unspecified atom stereocenters. The third-order valence-corrected chi connectivity index (χ3v) is 4.28. The molecule has 3 heterocycles. The van der Waals surface area contributed by atoms with Gasteiger partial charge in [-0.2, -0.15) is 5.10 Å². The Balaban J connectivity index is 1.65. The van der Waals surface area contributed by atoms with Crippen LogP contribution in [0.3, 0.4) is 0 Å². The molecule has 2 aromatic heterocycles. The number of aryl methyl sites for hydroxylation is 1. The summed E-state index contributed by atoms with van der Waals surface area (Å²) in [5, 5.41) is 7.40. The van der Waals surface area contributed by atoms with Crippen molar-refractivity contribution in [1.29, 1.82) is 0 Å². The molecule has 25 heavy (non-hydrogen) atoms. The molecule has 1 saturated heterocycles. The van der Waals surface area contributed by atoms with Crippen molar-refractivity contribution < 1.29 is 9.53 Å². The van der Waals surface area contributed by atoms with Crippen LogP contribution in [0.5, 0.6) is 0 Å². The van der Waals surface area contributed by atoms with Gasteiger partial charge in [0, 0.05) is 23.8 Å². The third-order valence-electron chi connectivity index (χ3n) is 4.28. The number of fused-ring (bicyclic) bond motifs is 1. The average Bonchev–Trinajstić information content (AvgIpc) is 3.08. The summed E-state index contributed by atoms with van der Waals surface area (Å²) in [6, 6.07) is 6.96. The number of nitrogens with zero attached hydrogens (tertiary/aromatic N) is 3. The molecule has 1 fully saturated rings. The molecule has 0 radical (unpaired) electrons. The highest BCUT2D eigenvalue weighted by atomic mass is 16.5. The summed E-state index contributed by atoms with van der Waals surface area (Å²) in [6.45, 7) is 3.17. The lowest BCUT2D eigenvalue weighted by Crippen LogP contribution is -2.43. The van der Waals surface area contributed by atoms with E-state index in [1.807, 2.05) is 6.92 Å². The summed E-state index contributed by atoms with van der Waals surface area (Å²) in [6.07, 6.45) is 1.43. The van der Waals surface area contributed by atoms with Crippen LogP contribution < -0.4 is 5.56 Å². The number of aromatic nitrogens is 4. The van der Waals surface area contributed by atoms with Crippen LogP contribution in [0.2, 0.25) is 0 Å². The molecule has 1 aliphatic rings. The summed E-state index contributed by atoms with van der Waals surface area (Å²) in [7, 11) is 0. The van der Waals surface area contributed by atoms with Gasteiger partial charge in [-0.15, -0.1) is 0 Å². The molecular weight excluding hydrogens is 322 g/mol. The number of H-pyrrole nitrogens is 2. The molecule has 128 valence electrons. The van der Waals surface area contributed by atoms with Crippen LogP contribution >= 0.6 is 0 Å². The Morgan fingerprint density at radius 1 is 1.32 bits per heavy atom. The maximum Gasteiger partial charge on any atom is 0.275 e. The van der Waals surface area contributed by atoms with E-state index in [-0.39, 0.29) is 23.3 Å². The number of nitrogens with one attached hydrogen (secondary N) is 2. The number of carbonyl (C=O) groups is 1. The Bertz CT molecular complexity index is 993. The summed E-state index contributed by atoms with van der Waals surface area (Å²) in [5.74, 6) is 0.471. The molecule has 0 bridgehead atoms. The summed E-state index contributed by atoms with van der Waals surface area (Å²) in [5.41, 5.74) is 0.875. The van der Waals surface area contributed by atoms with Gasteiger partial charge in [0.05, 0.1) is 18.5 Å². The van der Waals surface area contributed by atoms with Crippen molar-refractivity contribution in [3.05, 3.63) is 58.0 Å². The van der Waals surface area contributed by atoms with E-state index in [1.54, 1.807) is 35.4 Å². The average molecular weight is 339 g/mol. The van der Waals surface area contributed by atoms with Gasteiger partial charge in [0.1, 0.15) is 11.9 Å². The zero-order valence-electron chi connectivity index (χ0n) is 13.7. The van der Waals surface area contributed by atoms with E-state index in [1.165, 1.54) is 0 Å². The fourth-order valence-corrected chi connectivity index (χ4v) is 3.02. The van der Waals surface area contributed by atoms with Crippen molar-refractivity contribution in [2.45, 2.75) is 13.0 Å². The SMILES string of the molecule is Cc1cnc([C@H]2CN(C(=O)c3n[nH]c(=O)c4ccccc34)CCO2)[nH]1. The Morgan fingerprint density at radius 2 is 2.12 bits per heavy atom. The normalized spacial score (nSPS) is 17.8. The van der Waals surface area contributed by atoms with E-state index in [0.717, 1.165) is 5.69 Å². The fraction of sp³-hybridized carbons (Fsp3) is 0.294. The van der Waals surface area contributed by atoms with Gasteiger partial charge >= 0.3 is 0 Å². The zero-order chi connectivity index (χ0) is 17.4. The first kappa shape index (κ1) is 15.5. The molecule has 4 rings (SSSR count). The second-order valence-electron chi connectivity index (χ2n) is 6.01. The van der Waals surface area contributed by atoms with E-state index in [2.05, 4.69) is 20.2 Å². The predicted octanol–water partition coefficient (Wildman–Crippen LogP) is 1.17. The maximum absolute atomic E-state index is 13.0. The number of ether oxygens (including phenoxy) is 1. The van der Waals surface area contributed by atoms with Crippen LogP contribution in [-0.2, 0) is 4.74 Å². The number of aromatic amines is 2. The molecule has 0 saturated carbocycles. The number of imidazole rings is 1. The Kier molecular flexibility index (Phi) is 3.81. The minimum Gasteiger partial charge on any atom is -0.367 e. The smallest absolute Gasteiger partial charge is 0.275 e. The Labute approximate surface area is 142 Å². The van der Waals surface area contributed by atoms with Crippen LogP contribution in [0.1, 0.15) is 28.1 Å². The third kappa shape index (κ3) is 2.80. The van der Waals surface area contributed by atoms with Gasteiger partial charge < -0.3 is 14.6 Å². The molecule has 1 aliphatic heterocycles. The zero-order valence-corrected chi connectivity index (χ0v) is 13.7.